The van der Waals surface area contributed by atoms with Gasteiger partial charge in [0.2, 0.25) is 0 Å². The Morgan fingerprint density at radius 3 is 2.47 bits per heavy atom. The van der Waals surface area contributed by atoms with Crippen LogP contribution in [-0.2, 0) is 4.74 Å². The van der Waals surface area contributed by atoms with Crippen molar-refractivity contribution >= 4 is 0 Å². The Kier molecular flexibility index (Phi) is 4.23. The summed E-state index contributed by atoms with van der Waals surface area (Å²) in [6.45, 7) is 8.68. The molecule has 0 aliphatic heterocycles. The fourth-order valence-electron chi connectivity index (χ4n) is 1.39. The summed E-state index contributed by atoms with van der Waals surface area (Å²) in [5, 5.41) is 6.95. The molecule has 0 radical (unpaired) electrons. The van der Waals surface area contributed by atoms with Crippen molar-refractivity contribution in [3.63, 3.8) is 0 Å². The number of hydrogen-bond acceptors (Lipinski definition) is 4. The molecule has 0 saturated heterocycles. The number of hydrogen-bond donors (Lipinski definition) is 2. The van der Waals surface area contributed by atoms with Gasteiger partial charge in [0.15, 0.2) is 11.6 Å². The Labute approximate surface area is 90.4 Å². The van der Waals surface area contributed by atoms with E-state index in [1.54, 1.807) is 0 Å². The SMILES string of the molecule is CCOC(c1nc(C(C)N)n[nH]1)C(C)C. The Balaban J connectivity index is 2.81. The molecule has 1 rings (SSSR count). The number of aromatic nitrogens is 3. The molecule has 3 N–H and O–H groups in total. The molecular formula is C10H20N4O. The van der Waals surface area contributed by atoms with Gasteiger partial charge in [-0.15, -0.1) is 0 Å². The Hall–Kier alpha value is -0.940. The molecule has 0 aliphatic carbocycles. The van der Waals surface area contributed by atoms with E-state index in [-0.39, 0.29) is 12.1 Å². The molecule has 1 aromatic heterocycles. The van der Waals surface area contributed by atoms with Gasteiger partial charge in [-0.05, 0) is 19.8 Å². The van der Waals surface area contributed by atoms with Crippen LogP contribution >= 0.6 is 0 Å². The maximum atomic E-state index is 5.69. The van der Waals surface area contributed by atoms with Crippen molar-refractivity contribution in [1.82, 2.24) is 15.2 Å². The fraction of sp³-hybridized carbons (Fsp3) is 0.800. The summed E-state index contributed by atoms with van der Waals surface area (Å²) < 4.78 is 5.61. The smallest absolute Gasteiger partial charge is 0.167 e. The predicted octanol–water partition coefficient (Wildman–Crippen LogP) is 1.56. The van der Waals surface area contributed by atoms with Crippen molar-refractivity contribution in [2.75, 3.05) is 6.61 Å². The zero-order valence-corrected chi connectivity index (χ0v) is 9.82. The number of aromatic amines is 1. The molecule has 86 valence electrons. The van der Waals surface area contributed by atoms with Crippen molar-refractivity contribution in [3.05, 3.63) is 11.6 Å². The van der Waals surface area contributed by atoms with Gasteiger partial charge in [0, 0.05) is 6.61 Å². The molecule has 0 aliphatic rings. The molecule has 0 saturated carbocycles. The number of ether oxygens (including phenoxy) is 1. The van der Waals surface area contributed by atoms with Crippen LogP contribution in [0.15, 0.2) is 0 Å². The standard InChI is InChI=1S/C10H20N4O/c1-5-15-8(6(2)3)10-12-9(7(4)11)13-14-10/h6-8H,5,11H2,1-4H3,(H,12,13,14). The van der Waals surface area contributed by atoms with Crippen molar-refractivity contribution in [2.24, 2.45) is 11.7 Å². The zero-order valence-electron chi connectivity index (χ0n) is 9.82. The number of rotatable bonds is 5. The third-order valence-electron chi connectivity index (χ3n) is 2.15. The van der Waals surface area contributed by atoms with Gasteiger partial charge in [0.1, 0.15) is 6.10 Å². The van der Waals surface area contributed by atoms with Gasteiger partial charge in [0.05, 0.1) is 6.04 Å². The van der Waals surface area contributed by atoms with E-state index in [9.17, 15) is 0 Å². The molecule has 15 heavy (non-hydrogen) atoms. The summed E-state index contributed by atoms with van der Waals surface area (Å²) >= 11 is 0. The maximum Gasteiger partial charge on any atom is 0.167 e. The third-order valence-corrected chi connectivity index (χ3v) is 2.15. The summed E-state index contributed by atoms with van der Waals surface area (Å²) in [5.41, 5.74) is 5.69. The van der Waals surface area contributed by atoms with Gasteiger partial charge in [-0.2, -0.15) is 5.10 Å². The normalized spacial score (nSPS) is 15.6. The topological polar surface area (TPSA) is 76.8 Å². The highest BCUT2D eigenvalue weighted by Crippen LogP contribution is 2.22. The summed E-state index contributed by atoms with van der Waals surface area (Å²) in [5.74, 6) is 1.76. The molecule has 1 heterocycles. The Bertz CT molecular complexity index is 295. The first kappa shape index (κ1) is 12.1. The van der Waals surface area contributed by atoms with Crippen molar-refractivity contribution in [2.45, 2.75) is 39.8 Å². The summed E-state index contributed by atoms with van der Waals surface area (Å²) in [7, 11) is 0. The van der Waals surface area contributed by atoms with Gasteiger partial charge in [-0.1, -0.05) is 13.8 Å². The summed E-state index contributed by atoms with van der Waals surface area (Å²) in [6.07, 6.45) is -0.0324. The molecule has 1 aromatic rings. The average Bonchev–Trinajstić information content (AvgIpc) is 2.62. The minimum atomic E-state index is -0.149. The monoisotopic (exact) mass is 212 g/mol. The predicted molar refractivity (Wildman–Crippen MR) is 58.2 cm³/mol. The van der Waals surface area contributed by atoms with Crippen LogP contribution in [0.4, 0.5) is 0 Å². The third kappa shape index (κ3) is 3.00. The van der Waals surface area contributed by atoms with Crippen LogP contribution in [0.2, 0.25) is 0 Å². The molecule has 0 aromatic carbocycles. The van der Waals surface area contributed by atoms with Crippen LogP contribution in [0.1, 0.15) is 51.5 Å². The van der Waals surface area contributed by atoms with Crippen LogP contribution in [0.25, 0.3) is 0 Å². The van der Waals surface area contributed by atoms with E-state index in [1.807, 2.05) is 13.8 Å². The molecule has 0 bridgehead atoms. The second-order valence-electron chi connectivity index (χ2n) is 3.99. The van der Waals surface area contributed by atoms with E-state index in [4.69, 9.17) is 10.5 Å². The second kappa shape index (κ2) is 5.23. The molecule has 5 heteroatoms. The molecule has 0 fully saturated rings. The highest BCUT2D eigenvalue weighted by Gasteiger charge is 2.20. The fourth-order valence-corrected chi connectivity index (χ4v) is 1.39. The van der Waals surface area contributed by atoms with Crippen LogP contribution in [0.5, 0.6) is 0 Å². The van der Waals surface area contributed by atoms with E-state index in [0.717, 1.165) is 5.82 Å². The summed E-state index contributed by atoms with van der Waals surface area (Å²) in [4.78, 5) is 4.33. The van der Waals surface area contributed by atoms with E-state index in [2.05, 4.69) is 29.0 Å². The Morgan fingerprint density at radius 1 is 1.40 bits per heavy atom. The van der Waals surface area contributed by atoms with Crippen LogP contribution in [0, 0.1) is 5.92 Å². The van der Waals surface area contributed by atoms with Crippen molar-refractivity contribution in [1.29, 1.82) is 0 Å². The van der Waals surface area contributed by atoms with Gasteiger partial charge in [0.25, 0.3) is 0 Å². The van der Waals surface area contributed by atoms with Gasteiger partial charge in [-0.25, -0.2) is 4.98 Å². The molecular weight excluding hydrogens is 192 g/mol. The minimum absolute atomic E-state index is 0.0324. The van der Waals surface area contributed by atoms with Gasteiger partial charge < -0.3 is 10.5 Å². The highest BCUT2D eigenvalue weighted by atomic mass is 16.5. The average molecular weight is 212 g/mol. The molecule has 0 spiro atoms. The quantitative estimate of drug-likeness (QED) is 0.776. The highest BCUT2D eigenvalue weighted by molar-refractivity contribution is 4.98. The number of nitrogens with zero attached hydrogens (tertiary/aromatic N) is 2. The number of nitrogens with one attached hydrogen (secondary N) is 1. The first-order valence-electron chi connectivity index (χ1n) is 5.35. The van der Waals surface area contributed by atoms with Crippen LogP contribution in [-0.4, -0.2) is 21.8 Å². The van der Waals surface area contributed by atoms with E-state index in [0.29, 0.717) is 18.3 Å². The lowest BCUT2D eigenvalue weighted by molar-refractivity contribution is 0.0234. The Morgan fingerprint density at radius 2 is 2.07 bits per heavy atom. The van der Waals surface area contributed by atoms with Gasteiger partial charge >= 0.3 is 0 Å². The molecule has 2 unspecified atom stereocenters. The minimum Gasteiger partial charge on any atom is -0.370 e. The van der Waals surface area contributed by atoms with Crippen molar-refractivity contribution in [3.8, 4) is 0 Å². The lowest BCUT2D eigenvalue weighted by atomic mass is 10.1. The molecule has 2 atom stereocenters. The summed E-state index contributed by atoms with van der Waals surface area (Å²) in [6, 6.07) is -0.149. The zero-order chi connectivity index (χ0) is 11.4. The second-order valence-corrected chi connectivity index (χ2v) is 3.99. The van der Waals surface area contributed by atoms with E-state index < -0.39 is 0 Å². The van der Waals surface area contributed by atoms with Gasteiger partial charge in [-0.3, -0.25) is 5.10 Å². The first-order chi connectivity index (χ1) is 7.06. The first-order valence-corrected chi connectivity index (χ1v) is 5.35. The molecule has 5 nitrogen and oxygen atoms in total. The number of nitrogens with two attached hydrogens (primary N) is 1. The lowest BCUT2D eigenvalue weighted by Gasteiger charge is -2.17. The molecule has 0 amide bonds. The maximum absolute atomic E-state index is 5.69. The number of H-pyrrole nitrogens is 1. The largest absolute Gasteiger partial charge is 0.370 e. The van der Waals surface area contributed by atoms with Crippen LogP contribution in [0.3, 0.4) is 0 Å². The van der Waals surface area contributed by atoms with E-state index >= 15 is 0 Å². The van der Waals surface area contributed by atoms with E-state index in [1.165, 1.54) is 0 Å². The lowest BCUT2D eigenvalue weighted by Crippen LogP contribution is -2.13. The van der Waals surface area contributed by atoms with Crippen LogP contribution < -0.4 is 5.73 Å². The van der Waals surface area contributed by atoms with Crippen molar-refractivity contribution < 1.29 is 4.74 Å².